The fraction of sp³-hybridized carbons (Fsp3) is 0. The van der Waals surface area contributed by atoms with Gasteiger partial charge in [0.05, 0.1) is 29.3 Å². The number of fused-ring (bicyclic) bond motifs is 1. The van der Waals surface area contributed by atoms with Crippen LogP contribution in [0.15, 0.2) is 45.7 Å². The molecule has 2 heterocycles. The standard InChI is InChI=1S/C14H7BrFNO3/c15-11-4-8(16)3-9-10(14(18)19)5-12(17-13(9)11)7-1-2-20-6-7/h1-6H,(H,18,19). The van der Waals surface area contributed by atoms with Crippen LogP contribution in [0.3, 0.4) is 0 Å². The van der Waals surface area contributed by atoms with Crippen molar-refractivity contribution in [3.63, 3.8) is 0 Å². The molecular weight excluding hydrogens is 329 g/mol. The number of hydrogen-bond acceptors (Lipinski definition) is 3. The summed E-state index contributed by atoms with van der Waals surface area (Å²) in [6, 6.07) is 5.49. The Hall–Kier alpha value is -2.21. The number of carbonyl (C=O) groups is 1. The van der Waals surface area contributed by atoms with Crippen LogP contribution in [0.4, 0.5) is 4.39 Å². The minimum atomic E-state index is -1.14. The van der Waals surface area contributed by atoms with Gasteiger partial charge in [-0.3, -0.25) is 0 Å². The Labute approximate surface area is 121 Å². The quantitative estimate of drug-likeness (QED) is 0.765. The van der Waals surface area contributed by atoms with Crippen LogP contribution in [-0.2, 0) is 0 Å². The molecule has 1 N–H and O–H groups in total. The second-order valence-corrected chi connectivity index (χ2v) is 5.01. The van der Waals surface area contributed by atoms with Gasteiger partial charge in [-0.2, -0.15) is 0 Å². The first-order valence-electron chi connectivity index (χ1n) is 5.62. The molecule has 0 aliphatic carbocycles. The molecule has 0 saturated carbocycles. The highest BCUT2D eigenvalue weighted by atomic mass is 79.9. The molecule has 0 radical (unpaired) electrons. The number of carboxylic acids is 1. The number of aromatic nitrogens is 1. The van der Waals surface area contributed by atoms with E-state index < -0.39 is 11.8 Å². The number of hydrogen-bond donors (Lipinski definition) is 1. The topological polar surface area (TPSA) is 63.3 Å². The zero-order chi connectivity index (χ0) is 14.3. The maximum absolute atomic E-state index is 13.4. The van der Waals surface area contributed by atoms with E-state index >= 15 is 0 Å². The smallest absolute Gasteiger partial charge is 0.336 e. The maximum Gasteiger partial charge on any atom is 0.336 e. The summed E-state index contributed by atoms with van der Waals surface area (Å²) in [6.07, 6.45) is 2.94. The van der Waals surface area contributed by atoms with Gasteiger partial charge < -0.3 is 9.52 Å². The van der Waals surface area contributed by atoms with Gasteiger partial charge in [-0.25, -0.2) is 14.2 Å². The van der Waals surface area contributed by atoms with E-state index in [0.717, 1.165) is 6.07 Å². The third kappa shape index (κ3) is 2.08. The van der Waals surface area contributed by atoms with Crippen LogP contribution in [0.1, 0.15) is 10.4 Å². The lowest BCUT2D eigenvalue weighted by molar-refractivity contribution is 0.0699. The Morgan fingerprint density at radius 1 is 1.35 bits per heavy atom. The molecule has 3 aromatic rings. The molecule has 4 nitrogen and oxygen atoms in total. The van der Waals surface area contributed by atoms with Gasteiger partial charge in [-0.1, -0.05) is 0 Å². The second kappa shape index (κ2) is 4.72. The van der Waals surface area contributed by atoms with Crippen molar-refractivity contribution in [2.24, 2.45) is 0 Å². The lowest BCUT2D eigenvalue weighted by atomic mass is 10.1. The highest BCUT2D eigenvalue weighted by Crippen LogP contribution is 2.30. The summed E-state index contributed by atoms with van der Waals surface area (Å²) in [5.41, 5.74) is 1.50. The van der Waals surface area contributed by atoms with Crippen LogP contribution in [0, 0.1) is 5.82 Å². The van der Waals surface area contributed by atoms with Gasteiger partial charge in [0.1, 0.15) is 5.82 Å². The molecule has 0 spiro atoms. The summed E-state index contributed by atoms with van der Waals surface area (Å²) in [7, 11) is 0. The van der Waals surface area contributed by atoms with Crippen LogP contribution in [0.2, 0.25) is 0 Å². The van der Waals surface area contributed by atoms with E-state index in [0.29, 0.717) is 21.2 Å². The van der Waals surface area contributed by atoms with Gasteiger partial charge in [0.15, 0.2) is 0 Å². The number of carboxylic acid groups (broad SMARTS) is 1. The summed E-state index contributed by atoms with van der Waals surface area (Å²) < 4.78 is 18.8. The first-order chi connectivity index (χ1) is 9.56. The Kier molecular flexibility index (Phi) is 3.02. The normalized spacial score (nSPS) is 10.9. The summed E-state index contributed by atoms with van der Waals surface area (Å²) >= 11 is 3.21. The zero-order valence-electron chi connectivity index (χ0n) is 9.93. The van der Waals surface area contributed by atoms with Gasteiger partial charge >= 0.3 is 5.97 Å². The van der Waals surface area contributed by atoms with Gasteiger partial charge in [-0.15, -0.1) is 0 Å². The number of furan rings is 1. The summed E-state index contributed by atoms with van der Waals surface area (Å²) in [6.45, 7) is 0. The van der Waals surface area contributed by atoms with E-state index in [1.54, 1.807) is 6.07 Å². The van der Waals surface area contributed by atoms with Gasteiger partial charge in [-0.05, 0) is 40.2 Å². The molecule has 0 atom stereocenters. The Balaban J connectivity index is 2.40. The lowest BCUT2D eigenvalue weighted by Crippen LogP contribution is -2.01. The van der Waals surface area contributed by atoms with Crippen molar-refractivity contribution in [2.45, 2.75) is 0 Å². The largest absolute Gasteiger partial charge is 0.478 e. The molecule has 20 heavy (non-hydrogen) atoms. The number of benzene rings is 1. The monoisotopic (exact) mass is 335 g/mol. The summed E-state index contributed by atoms with van der Waals surface area (Å²) in [5.74, 6) is -1.66. The first-order valence-corrected chi connectivity index (χ1v) is 6.41. The molecule has 0 unspecified atom stereocenters. The Morgan fingerprint density at radius 2 is 2.15 bits per heavy atom. The van der Waals surface area contributed by atoms with Crippen LogP contribution < -0.4 is 0 Å². The molecule has 2 aromatic heterocycles. The molecule has 0 aliphatic rings. The molecule has 100 valence electrons. The average molecular weight is 336 g/mol. The van der Waals surface area contributed by atoms with E-state index in [2.05, 4.69) is 20.9 Å². The first kappa shape index (κ1) is 12.8. The minimum Gasteiger partial charge on any atom is -0.478 e. The van der Waals surface area contributed by atoms with Crippen molar-refractivity contribution in [1.29, 1.82) is 0 Å². The van der Waals surface area contributed by atoms with Gasteiger partial charge in [0.25, 0.3) is 0 Å². The molecular formula is C14H7BrFNO3. The molecule has 6 heteroatoms. The van der Waals surface area contributed by atoms with E-state index in [1.165, 1.54) is 24.7 Å². The van der Waals surface area contributed by atoms with Crippen molar-refractivity contribution in [3.8, 4) is 11.3 Å². The third-order valence-electron chi connectivity index (χ3n) is 2.88. The fourth-order valence-electron chi connectivity index (χ4n) is 1.99. The maximum atomic E-state index is 13.4. The second-order valence-electron chi connectivity index (χ2n) is 4.16. The van der Waals surface area contributed by atoms with Crippen molar-refractivity contribution >= 4 is 32.8 Å². The number of nitrogens with zero attached hydrogens (tertiary/aromatic N) is 1. The molecule has 1 aromatic carbocycles. The number of pyridine rings is 1. The van der Waals surface area contributed by atoms with Crippen molar-refractivity contribution in [3.05, 3.63) is 52.6 Å². The Morgan fingerprint density at radius 3 is 2.80 bits per heavy atom. The predicted molar refractivity (Wildman–Crippen MR) is 74.1 cm³/mol. The highest BCUT2D eigenvalue weighted by molar-refractivity contribution is 9.10. The summed E-state index contributed by atoms with van der Waals surface area (Å²) in [4.78, 5) is 15.7. The summed E-state index contributed by atoms with van der Waals surface area (Å²) in [5, 5.41) is 9.54. The Bertz CT molecular complexity index is 815. The van der Waals surface area contributed by atoms with Crippen LogP contribution in [0.25, 0.3) is 22.2 Å². The number of rotatable bonds is 2. The highest BCUT2D eigenvalue weighted by Gasteiger charge is 2.16. The minimum absolute atomic E-state index is 0.00796. The van der Waals surface area contributed by atoms with Crippen LogP contribution in [-0.4, -0.2) is 16.1 Å². The molecule has 0 bridgehead atoms. The molecule has 0 saturated heterocycles. The van der Waals surface area contributed by atoms with Crippen LogP contribution >= 0.6 is 15.9 Å². The third-order valence-corrected chi connectivity index (χ3v) is 3.48. The van der Waals surface area contributed by atoms with E-state index in [-0.39, 0.29) is 10.9 Å². The van der Waals surface area contributed by atoms with E-state index in [4.69, 9.17) is 4.42 Å². The van der Waals surface area contributed by atoms with Crippen molar-refractivity contribution in [2.75, 3.05) is 0 Å². The van der Waals surface area contributed by atoms with E-state index in [1.807, 2.05) is 0 Å². The fourth-order valence-corrected chi connectivity index (χ4v) is 2.51. The van der Waals surface area contributed by atoms with Crippen molar-refractivity contribution < 1.29 is 18.7 Å². The molecule has 3 rings (SSSR count). The van der Waals surface area contributed by atoms with Gasteiger partial charge in [0, 0.05) is 15.4 Å². The average Bonchev–Trinajstić information content (AvgIpc) is 2.91. The van der Waals surface area contributed by atoms with Crippen molar-refractivity contribution in [1.82, 2.24) is 4.98 Å². The SMILES string of the molecule is O=C(O)c1cc(-c2ccoc2)nc2c(Br)cc(F)cc12. The zero-order valence-corrected chi connectivity index (χ0v) is 11.5. The van der Waals surface area contributed by atoms with Crippen LogP contribution in [0.5, 0.6) is 0 Å². The molecule has 0 amide bonds. The molecule has 0 aliphatic heterocycles. The number of halogens is 2. The lowest BCUT2D eigenvalue weighted by Gasteiger charge is -2.07. The number of aromatic carboxylic acids is 1. The molecule has 0 fully saturated rings. The predicted octanol–water partition coefficient (Wildman–Crippen LogP) is 4.09. The van der Waals surface area contributed by atoms with E-state index in [9.17, 15) is 14.3 Å². The van der Waals surface area contributed by atoms with Gasteiger partial charge in [0.2, 0.25) is 0 Å².